The molecular formula is C38H45F2N9O4. The van der Waals surface area contributed by atoms with Crippen LogP contribution in [0.5, 0.6) is 0 Å². The second kappa shape index (κ2) is 14.5. The first-order chi connectivity index (χ1) is 25.7. The van der Waals surface area contributed by atoms with Gasteiger partial charge in [0.25, 0.3) is 0 Å². The van der Waals surface area contributed by atoms with Crippen LogP contribution in [0.15, 0.2) is 36.4 Å². The number of carbonyl (C=O) groups excluding carboxylic acids is 4. The van der Waals surface area contributed by atoms with Gasteiger partial charge < -0.3 is 34.9 Å². The van der Waals surface area contributed by atoms with Crippen molar-refractivity contribution in [2.75, 3.05) is 26.7 Å². The lowest BCUT2D eigenvalue weighted by Crippen LogP contribution is -2.53. The number of likely N-dealkylation sites (tertiary alicyclic amines) is 2. The minimum atomic E-state index is -0.595. The molecule has 13 nitrogen and oxygen atoms in total. The predicted octanol–water partition coefficient (Wildman–Crippen LogP) is 2.95. The van der Waals surface area contributed by atoms with Gasteiger partial charge in [0, 0.05) is 50.4 Å². The smallest absolute Gasteiger partial charge is 0.245 e. The van der Waals surface area contributed by atoms with Gasteiger partial charge in [-0.15, -0.1) is 0 Å². The average Bonchev–Trinajstić information content (AvgIpc) is 4.00. The van der Waals surface area contributed by atoms with Crippen molar-refractivity contribution in [2.45, 2.75) is 88.6 Å². The van der Waals surface area contributed by atoms with E-state index in [9.17, 15) is 28.0 Å². The number of likely N-dealkylation sites (N-methyl/N-ethyl adjacent to an activating group) is 1. The van der Waals surface area contributed by atoms with Crippen LogP contribution >= 0.6 is 0 Å². The SMILES string of the molecule is CNCC(=O)NC(C(=O)N1CCCC1Cn1c(-c2nc3cc(F)ccc3n2CC2CCCN2C(=O)C(NC=O)C2CC2)nc2cc(F)ccc21)C1CC1. The van der Waals surface area contributed by atoms with Crippen molar-refractivity contribution in [3.8, 4) is 11.6 Å². The first kappa shape index (κ1) is 35.1. The minimum absolute atomic E-state index is 0.0977. The quantitative estimate of drug-likeness (QED) is 0.169. The number of carbonyl (C=O) groups is 4. The second-order valence-electron chi connectivity index (χ2n) is 15.0. The molecule has 0 spiro atoms. The molecule has 4 unspecified atom stereocenters. The molecule has 2 saturated carbocycles. The molecule has 4 aliphatic rings. The molecule has 3 N–H and O–H groups in total. The molecule has 280 valence electrons. The number of fused-ring (bicyclic) bond motifs is 2. The number of imidazole rings is 2. The van der Waals surface area contributed by atoms with Crippen LogP contribution in [0.4, 0.5) is 8.78 Å². The zero-order chi connectivity index (χ0) is 36.8. The highest BCUT2D eigenvalue weighted by Crippen LogP contribution is 2.37. The number of nitrogens with one attached hydrogen (secondary N) is 3. The second-order valence-corrected chi connectivity index (χ2v) is 15.0. The molecule has 2 aromatic carbocycles. The van der Waals surface area contributed by atoms with Gasteiger partial charge in [0.05, 0.1) is 28.6 Å². The summed E-state index contributed by atoms with van der Waals surface area (Å²) in [6.45, 7) is 1.93. The number of amides is 4. The van der Waals surface area contributed by atoms with Crippen molar-refractivity contribution in [3.05, 3.63) is 48.0 Å². The van der Waals surface area contributed by atoms with Crippen LogP contribution in [-0.4, -0.2) is 104 Å². The van der Waals surface area contributed by atoms with E-state index in [0.717, 1.165) is 51.4 Å². The van der Waals surface area contributed by atoms with E-state index in [1.165, 1.54) is 24.3 Å². The molecule has 2 aliphatic carbocycles. The molecule has 8 rings (SSSR count). The van der Waals surface area contributed by atoms with E-state index in [-0.39, 0.29) is 48.2 Å². The van der Waals surface area contributed by atoms with Crippen LogP contribution < -0.4 is 16.0 Å². The maximum absolute atomic E-state index is 14.7. The van der Waals surface area contributed by atoms with E-state index in [2.05, 4.69) is 16.0 Å². The molecule has 15 heteroatoms. The Labute approximate surface area is 305 Å². The van der Waals surface area contributed by atoms with Crippen molar-refractivity contribution in [1.29, 1.82) is 0 Å². The lowest BCUT2D eigenvalue weighted by molar-refractivity contribution is -0.137. The summed E-state index contributed by atoms with van der Waals surface area (Å²) in [4.78, 5) is 65.5. The highest BCUT2D eigenvalue weighted by atomic mass is 19.1. The summed E-state index contributed by atoms with van der Waals surface area (Å²) in [5, 5.41) is 8.56. The summed E-state index contributed by atoms with van der Waals surface area (Å²) in [7, 11) is 1.69. The number of nitrogens with zero attached hydrogens (tertiary/aromatic N) is 6. The van der Waals surface area contributed by atoms with E-state index in [1.54, 1.807) is 19.2 Å². The molecule has 4 aromatic rings. The number of aromatic nitrogens is 4. The van der Waals surface area contributed by atoms with Crippen molar-refractivity contribution < 1.29 is 28.0 Å². The van der Waals surface area contributed by atoms with Crippen LogP contribution in [0.3, 0.4) is 0 Å². The number of hydrogen-bond donors (Lipinski definition) is 3. The molecule has 4 fully saturated rings. The third-order valence-electron chi connectivity index (χ3n) is 11.3. The number of halogens is 2. The zero-order valence-corrected chi connectivity index (χ0v) is 29.8. The van der Waals surface area contributed by atoms with Crippen LogP contribution in [0.25, 0.3) is 33.7 Å². The Morgan fingerprint density at radius 1 is 0.774 bits per heavy atom. The van der Waals surface area contributed by atoms with Gasteiger partial charge in [-0.3, -0.25) is 19.2 Å². The van der Waals surface area contributed by atoms with Gasteiger partial charge in [-0.05, 0) is 94.5 Å². The molecule has 53 heavy (non-hydrogen) atoms. The Bertz CT molecular complexity index is 2060. The molecule has 0 radical (unpaired) electrons. The maximum atomic E-state index is 14.7. The molecule has 0 bridgehead atoms. The predicted molar refractivity (Wildman–Crippen MR) is 192 cm³/mol. The lowest BCUT2D eigenvalue weighted by atomic mass is 10.1. The van der Waals surface area contributed by atoms with Crippen molar-refractivity contribution in [1.82, 2.24) is 44.9 Å². The van der Waals surface area contributed by atoms with Crippen LogP contribution in [0, 0.1) is 23.5 Å². The highest BCUT2D eigenvalue weighted by Gasteiger charge is 2.43. The summed E-state index contributed by atoms with van der Waals surface area (Å²) in [6, 6.07) is 7.25. The normalized spacial score (nSPS) is 21.3. The molecule has 4 atom stereocenters. The number of hydrogen-bond acceptors (Lipinski definition) is 7. The summed E-state index contributed by atoms with van der Waals surface area (Å²) < 4.78 is 33.3. The molecular weight excluding hydrogens is 684 g/mol. The average molecular weight is 730 g/mol. The zero-order valence-electron chi connectivity index (χ0n) is 29.8. The van der Waals surface area contributed by atoms with E-state index >= 15 is 0 Å². The fraction of sp³-hybridized carbons (Fsp3) is 0.526. The Morgan fingerprint density at radius 2 is 1.26 bits per heavy atom. The summed E-state index contributed by atoms with van der Waals surface area (Å²) in [6.07, 6.45) is 7.20. The molecule has 2 aromatic heterocycles. The van der Waals surface area contributed by atoms with Gasteiger partial charge in [-0.1, -0.05) is 0 Å². The molecule has 2 saturated heterocycles. The van der Waals surface area contributed by atoms with Gasteiger partial charge in [0.15, 0.2) is 11.6 Å². The van der Waals surface area contributed by atoms with Gasteiger partial charge in [-0.25, -0.2) is 18.7 Å². The summed E-state index contributed by atoms with van der Waals surface area (Å²) >= 11 is 0. The lowest BCUT2D eigenvalue weighted by Gasteiger charge is -2.30. The third kappa shape index (κ3) is 6.98. The van der Waals surface area contributed by atoms with E-state index in [4.69, 9.17) is 9.97 Å². The van der Waals surface area contributed by atoms with Gasteiger partial charge in [-0.2, -0.15) is 0 Å². The van der Waals surface area contributed by atoms with E-state index in [1.807, 2.05) is 18.9 Å². The van der Waals surface area contributed by atoms with Crippen molar-refractivity contribution >= 4 is 46.2 Å². The Hall–Kier alpha value is -4.92. The first-order valence-corrected chi connectivity index (χ1v) is 18.8. The van der Waals surface area contributed by atoms with Gasteiger partial charge >= 0.3 is 0 Å². The van der Waals surface area contributed by atoms with Crippen LogP contribution in [0.1, 0.15) is 51.4 Å². The standard InChI is InChI=1S/C38H45F2N9O4/c1-41-18-32(51)45-34(23-8-9-23)38(53)47-15-3-5-27(47)20-49-31-13-11-25(40)17-29(31)44-36(49)35-43-28-16-24(39)10-12-30(28)48(35)19-26-4-2-14-46(26)37(52)33(42-21-50)22-6-7-22/h10-13,16-17,21-23,26-27,33-34,41H,2-9,14-15,18-20H2,1H3,(H,42,50)(H,45,51). The number of benzene rings is 2. The largest absolute Gasteiger partial charge is 0.347 e. The van der Waals surface area contributed by atoms with Crippen LogP contribution in [-0.2, 0) is 32.3 Å². The topological polar surface area (TPSA) is 146 Å². The fourth-order valence-corrected chi connectivity index (χ4v) is 8.43. The highest BCUT2D eigenvalue weighted by molar-refractivity contribution is 5.89. The number of rotatable bonds is 14. The van der Waals surface area contributed by atoms with Crippen molar-refractivity contribution in [3.63, 3.8) is 0 Å². The Balaban J connectivity index is 1.16. The van der Waals surface area contributed by atoms with Gasteiger partial charge in [0.2, 0.25) is 24.1 Å². The monoisotopic (exact) mass is 729 g/mol. The maximum Gasteiger partial charge on any atom is 0.245 e. The Kier molecular flexibility index (Phi) is 9.60. The molecule has 4 amide bonds. The minimum Gasteiger partial charge on any atom is -0.347 e. The Morgan fingerprint density at radius 3 is 1.74 bits per heavy atom. The first-order valence-electron chi connectivity index (χ1n) is 18.8. The van der Waals surface area contributed by atoms with Gasteiger partial charge in [0.1, 0.15) is 23.7 Å². The fourth-order valence-electron chi connectivity index (χ4n) is 8.43. The third-order valence-corrected chi connectivity index (χ3v) is 11.3. The molecule has 4 heterocycles. The summed E-state index contributed by atoms with van der Waals surface area (Å²) in [5.74, 6) is -0.185. The van der Waals surface area contributed by atoms with E-state index < -0.39 is 23.7 Å². The van der Waals surface area contributed by atoms with Crippen LogP contribution in [0.2, 0.25) is 0 Å². The molecule has 2 aliphatic heterocycles. The van der Waals surface area contributed by atoms with Crippen molar-refractivity contribution in [2.24, 2.45) is 11.8 Å². The summed E-state index contributed by atoms with van der Waals surface area (Å²) in [5.41, 5.74) is 2.16. The van der Waals surface area contributed by atoms with E-state index in [0.29, 0.717) is 66.3 Å².